The molecule has 1 fully saturated rings. The number of aromatic nitrogens is 1. The molecule has 1 aliphatic rings. The molecule has 1 aliphatic heterocycles. The first kappa shape index (κ1) is 19.4. The van der Waals surface area contributed by atoms with E-state index in [0.717, 1.165) is 27.4 Å². The average Bonchev–Trinajstić information content (AvgIpc) is 3.33. The lowest BCUT2D eigenvalue weighted by molar-refractivity contribution is -0.130. The van der Waals surface area contributed by atoms with Crippen LogP contribution in [0.1, 0.15) is 28.3 Å². The molecule has 7 heteroatoms. The van der Waals surface area contributed by atoms with Crippen LogP contribution in [0.15, 0.2) is 64.8 Å². The highest BCUT2D eigenvalue weighted by molar-refractivity contribution is 6.31. The van der Waals surface area contributed by atoms with Crippen LogP contribution in [-0.4, -0.2) is 27.3 Å². The number of hydrogen-bond donors (Lipinski definition) is 1. The number of carbonyl (C=O) groups excluding carboxylic acids is 3. The van der Waals surface area contributed by atoms with Crippen molar-refractivity contribution in [3.63, 3.8) is 0 Å². The van der Waals surface area contributed by atoms with Gasteiger partial charge >= 0.3 is 6.03 Å². The number of hydrogen-bond acceptors (Lipinski definition) is 4. The largest absolute Gasteiger partial charge is 0.467 e. The van der Waals surface area contributed by atoms with Crippen molar-refractivity contribution in [3.8, 4) is 0 Å². The van der Waals surface area contributed by atoms with E-state index in [1.165, 1.54) is 6.26 Å². The minimum Gasteiger partial charge on any atom is -0.467 e. The van der Waals surface area contributed by atoms with Gasteiger partial charge in [-0.2, -0.15) is 0 Å². The fourth-order valence-electron chi connectivity index (χ4n) is 3.53. The predicted molar refractivity (Wildman–Crippen MR) is 110 cm³/mol. The van der Waals surface area contributed by atoms with Crippen LogP contribution in [0.25, 0.3) is 6.08 Å². The highest BCUT2D eigenvalue weighted by Gasteiger charge is 2.36. The maximum atomic E-state index is 12.9. The first-order valence-corrected chi connectivity index (χ1v) is 9.56. The van der Waals surface area contributed by atoms with E-state index >= 15 is 0 Å². The number of amides is 4. The second-order valence-corrected chi connectivity index (χ2v) is 7.19. The van der Waals surface area contributed by atoms with E-state index in [4.69, 9.17) is 4.42 Å². The molecule has 4 rings (SSSR count). The van der Waals surface area contributed by atoms with Crippen molar-refractivity contribution in [1.82, 2.24) is 14.8 Å². The Morgan fingerprint density at radius 3 is 2.47 bits per heavy atom. The molecule has 3 heterocycles. The molecule has 3 aromatic rings. The third-order valence-corrected chi connectivity index (χ3v) is 5.18. The smallest absolute Gasteiger partial charge is 0.331 e. The highest BCUT2D eigenvalue weighted by atomic mass is 16.3. The number of nitrogens with zero attached hydrogens (tertiary/aromatic N) is 2. The zero-order chi connectivity index (χ0) is 21.3. The summed E-state index contributed by atoms with van der Waals surface area (Å²) in [5.41, 5.74) is 3.77. The SMILES string of the molecule is Cc1cc(/C=C2\C(=O)NC(=O)N(Cc3ccco3)C2=O)c(C)n1Cc1ccccc1. The van der Waals surface area contributed by atoms with Crippen LogP contribution in [0.3, 0.4) is 0 Å². The summed E-state index contributed by atoms with van der Waals surface area (Å²) in [5, 5.41) is 2.23. The number of benzene rings is 1. The van der Waals surface area contributed by atoms with E-state index in [1.54, 1.807) is 18.2 Å². The Bertz CT molecular complexity index is 1140. The zero-order valence-corrected chi connectivity index (χ0v) is 16.7. The van der Waals surface area contributed by atoms with Crippen LogP contribution in [0.5, 0.6) is 0 Å². The minimum absolute atomic E-state index is 0.0463. The van der Waals surface area contributed by atoms with Gasteiger partial charge in [-0.1, -0.05) is 30.3 Å². The molecule has 1 saturated heterocycles. The van der Waals surface area contributed by atoms with Gasteiger partial charge in [0, 0.05) is 17.9 Å². The van der Waals surface area contributed by atoms with Crippen molar-refractivity contribution in [2.75, 3.05) is 0 Å². The molecule has 0 atom stereocenters. The van der Waals surface area contributed by atoms with Gasteiger partial charge in [0.1, 0.15) is 11.3 Å². The summed E-state index contributed by atoms with van der Waals surface area (Å²) in [7, 11) is 0. The van der Waals surface area contributed by atoms with Crippen LogP contribution in [0.2, 0.25) is 0 Å². The molecule has 7 nitrogen and oxygen atoms in total. The van der Waals surface area contributed by atoms with Gasteiger partial charge in [0.05, 0.1) is 12.8 Å². The molecule has 152 valence electrons. The van der Waals surface area contributed by atoms with Gasteiger partial charge in [0.25, 0.3) is 11.8 Å². The molecular weight excluding hydrogens is 382 g/mol. The molecule has 4 amide bonds. The number of carbonyl (C=O) groups is 3. The Hall–Kier alpha value is -3.87. The van der Waals surface area contributed by atoms with Crippen molar-refractivity contribution < 1.29 is 18.8 Å². The molecule has 1 N–H and O–H groups in total. The number of nitrogens with one attached hydrogen (secondary N) is 1. The van der Waals surface area contributed by atoms with Crippen molar-refractivity contribution in [2.24, 2.45) is 0 Å². The zero-order valence-electron chi connectivity index (χ0n) is 16.7. The van der Waals surface area contributed by atoms with Crippen molar-refractivity contribution in [3.05, 3.63) is 88.6 Å². The first-order chi connectivity index (χ1) is 14.4. The van der Waals surface area contributed by atoms with E-state index in [2.05, 4.69) is 9.88 Å². The number of rotatable bonds is 5. The summed E-state index contributed by atoms with van der Waals surface area (Å²) in [5.74, 6) is -0.894. The maximum absolute atomic E-state index is 12.9. The van der Waals surface area contributed by atoms with Crippen LogP contribution >= 0.6 is 0 Å². The van der Waals surface area contributed by atoms with Crippen LogP contribution < -0.4 is 5.32 Å². The Balaban J connectivity index is 1.64. The van der Waals surface area contributed by atoms with E-state index in [9.17, 15) is 14.4 Å². The predicted octanol–water partition coefficient (Wildman–Crippen LogP) is 3.41. The summed E-state index contributed by atoms with van der Waals surface area (Å²) in [4.78, 5) is 38.4. The number of urea groups is 1. The number of aryl methyl sites for hydroxylation is 1. The van der Waals surface area contributed by atoms with Crippen molar-refractivity contribution >= 4 is 23.9 Å². The molecule has 0 unspecified atom stereocenters. The molecular formula is C23H21N3O4. The lowest BCUT2D eigenvalue weighted by Crippen LogP contribution is -2.53. The van der Waals surface area contributed by atoms with Gasteiger partial charge in [0.15, 0.2) is 0 Å². The van der Waals surface area contributed by atoms with Crippen LogP contribution in [-0.2, 0) is 22.7 Å². The Morgan fingerprint density at radius 1 is 1.00 bits per heavy atom. The highest BCUT2D eigenvalue weighted by Crippen LogP contribution is 2.22. The third kappa shape index (κ3) is 3.69. The topological polar surface area (TPSA) is 84.6 Å². The van der Waals surface area contributed by atoms with Crippen LogP contribution in [0, 0.1) is 13.8 Å². The lowest BCUT2D eigenvalue weighted by atomic mass is 10.1. The quantitative estimate of drug-likeness (QED) is 0.523. The summed E-state index contributed by atoms with van der Waals surface area (Å²) in [6, 6.07) is 14.6. The average molecular weight is 403 g/mol. The molecule has 0 radical (unpaired) electrons. The Labute approximate surface area is 173 Å². The molecule has 1 aromatic carbocycles. The van der Waals surface area contributed by atoms with Crippen LogP contribution in [0.4, 0.5) is 4.79 Å². The van der Waals surface area contributed by atoms with Gasteiger partial charge in [0.2, 0.25) is 0 Å². The third-order valence-electron chi connectivity index (χ3n) is 5.18. The second kappa shape index (κ2) is 7.87. The summed E-state index contributed by atoms with van der Waals surface area (Å²) in [6.07, 6.45) is 3.01. The van der Waals surface area contributed by atoms with Crippen molar-refractivity contribution in [2.45, 2.75) is 26.9 Å². The number of barbiturate groups is 1. The van der Waals surface area contributed by atoms with Gasteiger partial charge < -0.3 is 8.98 Å². The number of furan rings is 1. The van der Waals surface area contributed by atoms with Gasteiger partial charge in [-0.15, -0.1) is 0 Å². The molecule has 0 saturated carbocycles. The summed E-state index contributed by atoms with van der Waals surface area (Å²) in [6.45, 7) is 4.56. The van der Waals surface area contributed by atoms with Gasteiger partial charge in [-0.3, -0.25) is 19.8 Å². The first-order valence-electron chi connectivity index (χ1n) is 9.56. The standard InChI is InChI=1S/C23H21N3O4/c1-15-11-18(16(2)25(15)13-17-7-4-3-5-8-17)12-20-21(27)24-23(29)26(22(20)28)14-19-9-6-10-30-19/h3-12H,13-14H2,1-2H3,(H,24,27,29)/b20-12+. The van der Waals surface area contributed by atoms with E-state index < -0.39 is 17.8 Å². The van der Waals surface area contributed by atoms with Gasteiger partial charge in [-0.05, 0) is 49.2 Å². The number of imide groups is 2. The lowest BCUT2D eigenvalue weighted by Gasteiger charge is -2.25. The Kier molecular flexibility index (Phi) is 5.10. The molecule has 0 aliphatic carbocycles. The Morgan fingerprint density at radius 2 is 1.77 bits per heavy atom. The summed E-state index contributed by atoms with van der Waals surface area (Å²) >= 11 is 0. The van der Waals surface area contributed by atoms with E-state index in [1.807, 2.05) is 50.2 Å². The summed E-state index contributed by atoms with van der Waals surface area (Å²) < 4.78 is 7.35. The van der Waals surface area contributed by atoms with Crippen molar-refractivity contribution in [1.29, 1.82) is 0 Å². The fraction of sp³-hybridized carbons (Fsp3) is 0.174. The monoisotopic (exact) mass is 403 g/mol. The van der Waals surface area contributed by atoms with E-state index in [0.29, 0.717) is 12.3 Å². The maximum Gasteiger partial charge on any atom is 0.331 e. The minimum atomic E-state index is -0.756. The van der Waals surface area contributed by atoms with Gasteiger partial charge in [-0.25, -0.2) is 4.79 Å². The fourth-order valence-corrected chi connectivity index (χ4v) is 3.53. The van der Waals surface area contributed by atoms with E-state index in [-0.39, 0.29) is 12.1 Å². The normalized spacial score (nSPS) is 15.7. The molecule has 0 spiro atoms. The second-order valence-electron chi connectivity index (χ2n) is 7.19. The molecule has 30 heavy (non-hydrogen) atoms. The molecule has 2 aromatic heterocycles. The molecule has 0 bridgehead atoms.